The topological polar surface area (TPSA) is 128 Å². The molecule has 0 unspecified atom stereocenters. The number of carboxylic acid groups (broad SMARTS) is 2. The molecule has 0 spiro atoms. The molecule has 0 saturated carbocycles. The summed E-state index contributed by atoms with van der Waals surface area (Å²) >= 11 is 0. The van der Waals surface area contributed by atoms with Crippen LogP contribution in [0, 0.1) is 0 Å². The van der Waals surface area contributed by atoms with Crippen molar-refractivity contribution in [1.82, 2.24) is 0 Å². The Kier molecular flexibility index (Phi) is 7.59. The van der Waals surface area contributed by atoms with Gasteiger partial charge in [-0.1, -0.05) is 48.5 Å². The number of carbonyl (C=O) groups excluding carboxylic acids is 2. The molecule has 1 radical (unpaired) electrons. The SMILES string of the molecule is [Co+2].[NH-]c1ccccc1C(=O)[O-].[NH-]c1ccccc1C(=O)[O-]. The third-order valence-corrected chi connectivity index (χ3v) is 2.29. The number of benzene rings is 2. The van der Waals surface area contributed by atoms with Gasteiger partial charge in [0.05, 0.1) is 11.9 Å². The molecule has 7 heteroatoms. The molecule has 21 heavy (non-hydrogen) atoms. The molecule has 111 valence electrons. The average Bonchev–Trinajstić information content (AvgIpc) is 2.40. The summed E-state index contributed by atoms with van der Waals surface area (Å²) in [6.07, 6.45) is 0. The van der Waals surface area contributed by atoms with Crippen molar-refractivity contribution >= 4 is 23.3 Å². The molecule has 2 aromatic carbocycles. The van der Waals surface area contributed by atoms with Crippen molar-refractivity contribution in [3.63, 3.8) is 0 Å². The monoisotopic (exact) mass is 329 g/mol. The molecule has 0 heterocycles. The Bertz CT molecular complexity index is 576. The van der Waals surface area contributed by atoms with E-state index in [0.29, 0.717) is 0 Å². The van der Waals surface area contributed by atoms with Gasteiger partial charge in [0.2, 0.25) is 0 Å². The van der Waals surface area contributed by atoms with Crippen LogP contribution in [0.5, 0.6) is 0 Å². The average molecular weight is 329 g/mol. The number of carbonyl (C=O) groups is 2. The molecule has 0 aliphatic carbocycles. The minimum atomic E-state index is -1.30. The second kappa shape index (κ2) is 8.62. The number of aromatic carboxylic acids is 2. The molecule has 2 rings (SSSR count). The first-order valence-electron chi connectivity index (χ1n) is 5.47. The van der Waals surface area contributed by atoms with E-state index in [1.165, 1.54) is 24.3 Å². The van der Waals surface area contributed by atoms with Crippen LogP contribution in [0.2, 0.25) is 0 Å². The molecular formula is C14H10CoN2O4-2. The number of hydrogen-bond acceptors (Lipinski definition) is 4. The summed E-state index contributed by atoms with van der Waals surface area (Å²) < 4.78 is 0. The van der Waals surface area contributed by atoms with Gasteiger partial charge in [-0.05, 0) is 11.1 Å². The normalized spacial score (nSPS) is 8.76. The quantitative estimate of drug-likeness (QED) is 0.826. The third kappa shape index (κ3) is 5.55. The Hall–Kier alpha value is -2.51. The fourth-order valence-corrected chi connectivity index (χ4v) is 1.32. The summed E-state index contributed by atoms with van der Waals surface area (Å²) in [7, 11) is 0. The molecule has 0 fully saturated rings. The number of hydrogen-bond donors (Lipinski definition) is 0. The van der Waals surface area contributed by atoms with Gasteiger partial charge in [-0.25, -0.2) is 0 Å². The maximum absolute atomic E-state index is 10.2. The van der Waals surface area contributed by atoms with Crippen LogP contribution < -0.4 is 10.2 Å². The van der Waals surface area contributed by atoms with E-state index in [4.69, 9.17) is 11.5 Å². The van der Waals surface area contributed by atoms with Gasteiger partial charge in [0, 0.05) is 0 Å². The molecule has 0 bridgehead atoms. The summed E-state index contributed by atoms with van der Waals surface area (Å²) in [5.74, 6) is -2.60. The van der Waals surface area contributed by atoms with E-state index in [-0.39, 0.29) is 39.3 Å². The van der Waals surface area contributed by atoms with Gasteiger partial charge >= 0.3 is 16.8 Å². The van der Waals surface area contributed by atoms with Gasteiger partial charge in [-0.2, -0.15) is 0 Å². The van der Waals surface area contributed by atoms with Crippen molar-refractivity contribution in [2.75, 3.05) is 0 Å². The first-order chi connectivity index (χ1) is 9.43. The summed E-state index contributed by atoms with van der Waals surface area (Å²) in [6, 6.07) is 11.8. The Morgan fingerprint density at radius 1 is 0.714 bits per heavy atom. The van der Waals surface area contributed by atoms with E-state index in [9.17, 15) is 19.8 Å². The predicted octanol–water partition coefficient (Wildman–Crippen LogP) is 1.47. The van der Waals surface area contributed by atoms with Gasteiger partial charge < -0.3 is 31.3 Å². The van der Waals surface area contributed by atoms with Crippen LogP contribution in [0.15, 0.2) is 48.5 Å². The first kappa shape index (κ1) is 18.5. The maximum atomic E-state index is 10.2. The Morgan fingerprint density at radius 2 is 1.00 bits per heavy atom. The van der Waals surface area contributed by atoms with E-state index in [0.717, 1.165) is 0 Å². The fraction of sp³-hybridized carbons (Fsp3) is 0. The van der Waals surface area contributed by atoms with Crippen molar-refractivity contribution in [2.24, 2.45) is 0 Å². The predicted molar refractivity (Wildman–Crippen MR) is 69.5 cm³/mol. The van der Waals surface area contributed by atoms with Gasteiger partial charge in [0.1, 0.15) is 0 Å². The fourth-order valence-electron chi connectivity index (χ4n) is 1.32. The van der Waals surface area contributed by atoms with Gasteiger partial charge in [-0.3, -0.25) is 0 Å². The summed E-state index contributed by atoms with van der Waals surface area (Å²) in [5.41, 5.74) is 14.0. The minimum absolute atomic E-state index is 0. The van der Waals surface area contributed by atoms with Gasteiger partial charge in [0.15, 0.2) is 0 Å². The van der Waals surface area contributed by atoms with E-state index >= 15 is 0 Å². The van der Waals surface area contributed by atoms with E-state index in [2.05, 4.69) is 0 Å². The summed E-state index contributed by atoms with van der Waals surface area (Å²) in [5, 5.41) is 20.4. The van der Waals surface area contributed by atoms with Crippen LogP contribution in [-0.2, 0) is 16.8 Å². The molecule has 0 saturated heterocycles. The van der Waals surface area contributed by atoms with Crippen molar-refractivity contribution in [2.45, 2.75) is 0 Å². The first-order valence-corrected chi connectivity index (χ1v) is 5.47. The largest absolute Gasteiger partial charge is 2.00 e. The van der Waals surface area contributed by atoms with E-state index in [1.807, 2.05) is 0 Å². The van der Waals surface area contributed by atoms with Crippen LogP contribution in [0.3, 0.4) is 0 Å². The zero-order valence-electron chi connectivity index (χ0n) is 10.6. The molecule has 0 aromatic heterocycles. The van der Waals surface area contributed by atoms with Crippen LogP contribution in [0.1, 0.15) is 20.7 Å². The van der Waals surface area contributed by atoms with E-state index in [1.54, 1.807) is 24.3 Å². The van der Waals surface area contributed by atoms with Crippen molar-refractivity contribution < 1.29 is 36.6 Å². The Labute approximate surface area is 131 Å². The number of carboxylic acids is 2. The van der Waals surface area contributed by atoms with Crippen molar-refractivity contribution in [1.29, 1.82) is 0 Å². The van der Waals surface area contributed by atoms with Crippen LogP contribution in [0.4, 0.5) is 11.4 Å². The third-order valence-electron chi connectivity index (χ3n) is 2.29. The van der Waals surface area contributed by atoms with Crippen molar-refractivity contribution in [3.8, 4) is 0 Å². The molecule has 0 amide bonds. The van der Waals surface area contributed by atoms with Crippen LogP contribution in [0.25, 0.3) is 11.5 Å². The zero-order chi connectivity index (χ0) is 15.1. The molecular weight excluding hydrogens is 319 g/mol. The Morgan fingerprint density at radius 3 is 1.19 bits per heavy atom. The molecule has 0 aliphatic heterocycles. The van der Waals surface area contributed by atoms with Gasteiger partial charge in [-0.15, -0.1) is 11.4 Å². The maximum Gasteiger partial charge on any atom is 2.00 e. The van der Waals surface area contributed by atoms with E-state index < -0.39 is 11.9 Å². The standard InChI is InChI=1S/2C7H6NO2.Co/c2*8-6-4-2-1-3-5(6)7(9)10;/h2*1-4,8H,(H,9,10);/q2*-1;+2/p-2. The van der Waals surface area contributed by atoms with Crippen LogP contribution >= 0.6 is 0 Å². The zero-order valence-corrected chi connectivity index (χ0v) is 11.6. The smallest absolute Gasteiger partial charge is 0.698 e. The summed E-state index contributed by atoms with van der Waals surface area (Å²) in [4.78, 5) is 20.4. The molecule has 2 N–H and O–H groups in total. The molecule has 2 aromatic rings. The molecule has 0 aliphatic rings. The molecule has 0 atom stereocenters. The molecule has 6 nitrogen and oxygen atoms in total. The second-order valence-electron chi connectivity index (χ2n) is 3.67. The Balaban J connectivity index is 0.000000364. The van der Waals surface area contributed by atoms with Crippen LogP contribution in [-0.4, -0.2) is 11.9 Å². The number of rotatable bonds is 2. The van der Waals surface area contributed by atoms with Crippen molar-refractivity contribution in [3.05, 3.63) is 71.1 Å². The number of nitrogens with one attached hydrogen (secondary N) is 2. The minimum Gasteiger partial charge on any atom is -0.698 e. The second-order valence-corrected chi connectivity index (χ2v) is 3.67. The summed E-state index contributed by atoms with van der Waals surface area (Å²) in [6.45, 7) is 0. The van der Waals surface area contributed by atoms with Gasteiger partial charge in [0.25, 0.3) is 0 Å².